The Bertz CT molecular complexity index is 368. The van der Waals surface area contributed by atoms with Gasteiger partial charge >= 0.3 is 0 Å². The summed E-state index contributed by atoms with van der Waals surface area (Å²) in [5, 5.41) is 2.44. The first-order valence-electron chi connectivity index (χ1n) is 4.22. The number of halogens is 1. The Labute approximate surface area is 82.1 Å². The van der Waals surface area contributed by atoms with Crippen molar-refractivity contribution in [2.45, 2.75) is 12.8 Å². The second-order valence-electron chi connectivity index (χ2n) is 2.73. The maximum Gasteiger partial charge on any atom is 0.225 e. The Kier molecular flexibility index (Phi) is 3.69. The second kappa shape index (κ2) is 5.03. The molecule has 0 unspecified atom stereocenters. The molecule has 14 heavy (non-hydrogen) atoms. The Morgan fingerprint density at radius 1 is 1.50 bits per heavy atom. The molecule has 2 nitrogen and oxygen atoms in total. The molecule has 0 spiro atoms. The molecule has 1 N–H and O–H groups in total. The topological polar surface area (TPSA) is 29.1 Å². The number of terminal acetylenes is 1. The van der Waals surface area contributed by atoms with Crippen LogP contribution in [0.25, 0.3) is 0 Å². The number of amides is 1. The van der Waals surface area contributed by atoms with Crippen LogP contribution in [-0.2, 0) is 4.79 Å². The molecule has 1 aromatic carbocycles. The van der Waals surface area contributed by atoms with Gasteiger partial charge in [-0.3, -0.25) is 4.79 Å². The molecule has 0 aliphatic carbocycles. The van der Waals surface area contributed by atoms with Crippen molar-refractivity contribution in [1.82, 2.24) is 0 Å². The van der Waals surface area contributed by atoms with Gasteiger partial charge in [0.1, 0.15) is 5.82 Å². The van der Waals surface area contributed by atoms with Crippen molar-refractivity contribution in [1.29, 1.82) is 0 Å². The first-order valence-corrected chi connectivity index (χ1v) is 4.22. The molecule has 0 atom stereocenters. The van der Waals surface area contributed by atoms with Crippen LogP contribution >= 0.6 is 0 Å². The highest BCUT2D eigenvalue weighted by atomic mass is 19.1. The summed E-state index contributed by atoms with van der Waals surface area (Å²) in [6.07, 6.45) is 5.57. The number of nitrogens with one attached hydrogen (secondary N) is 1. The number of anilines is 1. The molecule has 0 radical (unpaired) electrons. The van der Waals surface area contributed by atoms with E-state index in [1.54, 1.807) is 12.1 Å². The zero-order valence-electron chi connectivity index (χ0n) is 7.59. The maximum absolute atomic E-state index is 13.0. The van der Waals surface area contributed by atoms with E-state index in [1.807, 2.05) is 0 Å². The third kappa shape index (κ3) is 2.91. The standard InChI is InChI=1S/C11H10FNO/c1-2-3-8-11(14)13-10-7-5-4-6-9(10)12/h1,4-7H,3,8H2,(H,13,14). The molecule has 0 bridgehead atoms. The molecule has 0 aliphatic rings. The minimum atomic E-state index is -0.443. The van der Waals surface area contributed by atoms with Crippen molar-refractivity contribution in [3.63, 3.8) is 0 Å². The first-order chi connectivity index (χ1) is 6.74. The van der Waals surface area contributed by atoms with E-state index in [9.17, 15) is 9.18 Å². The number of carbonyl (C=O) groups excluding carboxylic acids is 1. The lowest BCUT2D eigenvalue weighted by Crippen LogP contribution is -2.11. The van der Waals surface area contributed by atoms with Gasteiger partial charge in [-0.2, -0.15) is 0 Å². The summed E-state index contributed by atoms with van der Waals surface area (Å²) in [6.45, 7) is 0. The zero-order chi connectivity index (χ0) is 10.4. The van der Waals surface area contributed by atoms with Gasteiger partial charge in [-0.15, -0.1) is 12.3 Å². The molecule has 0 aliphatic heterocycles. The largest absolute Gasteiger partial charge is 0.324 e. The number of benzene rings is 1. The van der Waals surface area contributed by atoms with Gasteiger partial charge < -0.3 is 5.32 Å². The summed E-state index contributed by atoms with van der Waals surface area (Å²) in [5.74, 6) is 1.63. The van der Waals surface area contributed by atoms with E-state index in [0.29, 0.717) is 6.42 Å². The SMILES string of the molecule is C#CCCC(=O)Nc1ccccc1F. The molecule has 0 aromatic heterocycles. The van der Waals surface area contributed by atoms with Crippen LogP contribution in [0.2, 0.25) is 0 Å². The minimum Gasteiger partial charge on any atom is -0.324 e. The van der Waals surface area contributed by atoms with Crippen molar-refractivity contribution in [3.8, 4) is 12.3 Å². The van der Waals surface area contributed by atoms with Crippen molar-refractivity contribution in [2.24, 2.45) is 0 Å². The number of hydrogen-bond donors (Lipinski definition) is 1. The summed E-state index contributed by atoms with van der Waals surface area (Å²) in [7, 11) is 0. The number of para-hydroxylation sites is 1. The van der Waals surface area contributed by atoms with Gasteiger partial charge in [0.25, 0.3) is 0 Å². The lowest BCUT2D eigenvalue weighted by Gasteiger charge is -2.04. The lowest BCUT2D eigenvalue weighted by molar-refractivity contribution is -0.116. The Hall–Kier alpha value is -1.82. The van der Waals surface area contributed by atoms with E-state index in [-0.39, 0.29) is 18.0 Å². The molecule has 1 aromatic rings. The van der Waals surface area contributed by atoms with Crippen molar-refractivity contribution >= 4 is 11.6 Å². The van der Waals surface area contributed by atoms with E-state index in [2.05, 4.69) is 11.2 Å². The van der Waals surface area contributed by atoms with Crippen molar-refractivity contribution in [3.05, 3.63) is 30.1 Å². The van der Waals surface area contributed by atoms with Gasteiger partial charge in [0.2, 0.25) is 5.91 Å². The summed E-state index contributed by atoms with van der Waals surface area (Å²) < 4.78 is 13.0. The van der Waals surface area contributed by atoms with Crippen LogP contribution in [-0.4, -0.2) is 5.91 Å². The van der Waals surface area contributed by atoms with Gasteiger partial charge in [0, 0.05) is 12.8 Å². The van der Waals surface area contributed by atoms with Crippen molar-refractivity contribution in [2.75, 3.05) is 5.32 Å². The van der Waals surface area contributed by atoms with Gasteiger partial charge in [0.05, 0.1) is 5.69 Å². The van der Waals surface area contributed by atoms with Gasteiger partial charge in [-0.25, -0.2) is 4.39 Å². The van der Waals surface area contributed by atoms with E-state index in [1.165, 1.54) is 12.1 Å². The first kappa shape index (κ1) is 10.3. The summed E-state index contributed by atoms with van der Waals surface area (Å²) in [5.41, 5.74) is 0.189. The average molecular weight is 191 g/mol. The fourth-order valence-electron chi connectivity index (χ4n) is 0.961. The quantitative estimate of drug-likeness (QED) is 0.729. The Balaban J connectivity index is 2.57. The molecular formula is C11H10FNO. The highest BCUT2D eigenvalue weighted by Crippen LogP contribution is 2.12. The van der Waals surface area contributed by atoms with Gasteiger partial charge in [0.15, 0.2) is 0 Å². The molecule has 0 saturated heterocycles. The predicted octanol–water partition coefficient (Wildman–Crippen LogP) is 2.18. The molecule has 0 heterocycles. The third-order valence-electron chi connectivity index (χ3n) is 1.64. The molecule has 0 saturated carbocycles. The average Bonchev–Trinajstić information content (AvgIpc) is 2.18. The Morgan fingerprint density at radius 3 is 2.86 bits per heavy atom. The monoisotopic (exact) mass is 191 g/mol. The number of hydrogen-bond acceptors (Lipinski definition) is 1. The molecular weight excluding hydrogens is 181 g/mol. The Morgan fingerprint density at radius 2 is 2.21 bits per heavy atom. The third-order valence-corrected chi connectivity index (χ3v) is 1.64. The highest BCUT2D eigenvalue weighted by molar-refractivity contribution is 5.90. The molecule has 1 rings (SSSR count). The van der Waals surface area contributed by atoms with Crippen LogP contribution < -0.4 is 5.32 Å². The van der Waals surface area contributed by atoms with E-state index < -0.39 is 5.82 Å². The van der Waals surface area contributed by atoms with Crippen molar-refractivity contribution < 1.29 is 9.18 Å². The highest BCUT2D eigenvalue weighted by Gasteiger charge is 2.04. The van der Waals surface area contributed by atoms with Crippen LogP contribution in [0.5, 0.6) is 0 Å². The van der Waals surface area contributed by atoms with E-state index in [0.717, 1.165) is 0 Å². The molecule has 1 amide bonds. The molecule has 72 valence electrons. The smallest absolute Gasteiger partial charge is 0.225 e. The maximum atomic E-state index is 13.0. The fraction of sp³-hybridized carbons (Fsp3) is 0.182. The minimum absolute atomic E-state index is 0.189. The van der Waals surface area contributed by atoms with E-state index in [4.69, 9.17) is 6.42 Å². The van der Waals surface area contributed by atoms with Crippen LogP contribution in [0.4, 0.5) is 10.1 Å². The summed E-state index contributed by atoms with van der Waals surface area (Å²) in [4.78, 5) is 11.2. The van der Waals surface area contributed by atoms with E-state index >= 15 is 0 Å². The van der Waals surface area contributed by atoms with Crippen LogP contribution in [0.15, 0.2) is 24.3 Å². The number of rotatable bonds is 3. The summed E-state index contributed by atoms with van der Waals surface area (Å²) >= 11 is 0. The van der Waals surface area contributed by atoms with Crippen LogP contribution in [0.3, 0.4) is 0 Å². The molecule has 3 heteroatoms. The number of carbonyl (C=O) groups is 1. The van der Waals surface area contributed by atoms with Gasteiger partial charge in [-0.1, -0.05) is 12.1 Å². The second-order valence-corrected chi connectivity index (χ2v) is 2.73. The zero-order valence-corrected chi connectivity index (χ0v) is 7.59. The van der Waals surface area contributed by atoms with Gasteiger partial charge in [-0.05, 0) is 12.1 Å². The molecule has 0 fully saturated rings. The fourth-order valence-corrected chi connectivity index (χ4v) is 0.961. The predicted molar refractivity (Wildman–Crippen MR) is 53.1 cm³/mol. The van der Waals surface area contributed by atoms with Crippen LogP contribution in [0, 0.1) is 18.2 Å². The van der Waals surface area contributed by atoms with Crippen LogP contribution in [0.1, 0.15) is 12.8 Å². The lowest BCUT2D eigenvalue weighted by atomic mass is 10.2. The normalized spacial score (nSPS) is 9.14. The summed E-state index contributed by atoms with van der Waals surface area (Å²) in [6, 6.07) is 6.01.